The molecule has 4 aliphatic rings. The summed E-state index contributed by atoms with van der Waals surface area (Å²) in [6.07, 6.45) is 36.3. The van der Waals surface area contributed by atoms with Gasteiger partial charge >= 0.3 is 5.97 Å². The van der Waals surface area contributed by atoms with Crippen LogP contribution in [-0.2, 0) is 24.4 Å². The summed E-state index contributed by atoms with van der Waals surface area (Å²) in [7, 11) is -4.10. The maximum atomic E-state index is 12.9. The lowest BCUT2D eigenvalue weighted by Crippen LogP contribution is -2.59. The van der Waals surface area contributed by atoms with Crippen molar-refractivity contribution in [2.75, 3.05) is 12.3 Å². The Labute approximate surface area is 349 Å². The van der Waals surface area contributed by atoms with Crippen molar-refractivity contribution in [3.05, 3.63) is 12.2 Å². The van der Waals surface area contributed by atoms with Crippen molar-refractivity contribution in [2.45, 2.75) is 220 Å². The fraction of sp³-hybridized carbons (Fsp3) is 0.917. The van der Waals surface area contributed by atoms with Crippen molar-refractivity contribution in [3.63, 3.8) is 0 Å². The normalized spacial score (nSPS) is 31.7. The number of allylic oxidation sites excluding steroid dienone is 2. The van der Waals surface area contributed by atoms with Gasteiger partial charge in [0, 0.05) is 19.4 Å². The Hall–Kier alpha value is -1.45. The molecule has 0 saturated heterocycles. The minimum atomic E-state index is -4.10. The van der Waals surface area contributed by atoms with Gasteiger partial charge in [-0.15, -0.1) is 0 Å². The van der Waals surface area contributed by atoms with E-state index in [9.17, 15) is 23.1 Å². The van der Waals surface area contributed by atoms with Crippen molar-refractivity contribution >= 4 is 22.0 Å². The van der Waals surface area contributed by atoms with Gasteiger partial charge < -0.3 is 15.2 Å². The van der Waals surface area contributed by atoms with Crippen LogP contribution in [0.15, 0.2) is 12.2 Å². The summed E-state index contributed by atoms with van der Waals surface area (Å²) in [5, 5.41) is 14.6. The molecule has 3 N–H and O–H groups in total. The number of rotatable bonds is 27. The summed E-state index contributed by atoms with van der Waals surface area (Å²) >= 11 is 0. The monoisotopic (exact) mass is 820 g/mol. The predicted octanol–water partition coefficient (Wildman–Crippen LogP) is 11.5. The van der Waals surface area contributed by atoms with Crippen LogP contribution in [0.25, 0.3) is 0 Å². The topological polar surface area (TPSA) is 130 Å². The Morgan fingerprint density at radius 1 is 0.789 bits per heavy atom. The molecule has 1 amide bonds. The molecule has 0 aromatic heterocycles. The largest absolute Gasteiger partial charge is 0.462 e. The molecule has 0 heterocycles. The molecule has 4 rings (SSSR count). The van der Waals surface area contributed by atoms with Crippen LogP contribution in [0.5, 0.6) is 0 Å². The highest BCUT2D eigenvalue weighted by Crippen LogP contribution is 2.68. The van der Waals surface area contributed by atoms with Crippen LogP contribution in [0, 0.1) is 46.3 Å². The summed E-state index contributed by atoms with van der Waals surface area (Å²) in [4.78, 5) is 25.3. The zero-order valence-corrected chi connectivity index (χ0v) is 37.6. The van der Waals surface area contributed by atoms with Crippen LogP contribution in [-0.4, -0.2) is 54.5 Å². The Bertz CT molecular complexity index is 1340. The first kappa shape index (κ1) is 48.2. The van der Waals surface area contributed by atoms with Gasteiger partial charge in [-0.05, 0) is 136 Å². The zero-order valence-electron chi connectivity index (χ0n) is 36.8. The molecule has 4 fully saturated rings. The van der Waals surface area contributed by atoms with E-state index in [0.717, 1.165) is 51.4 Å². The third kappa shape index (κ3) is 14.6. The number of esters is 1. The smallest absolute Gasteiger partial charge is 0.306 e. The fourth-order valence-electron chi connectivity index (χ4n) is 12.5. The standard InChI is InChI=1S/C48H85NO7S/c1-5-6-7-8-9-10-11-12-13-14-15-16-17-18-19-20-21-22-23-24-46(52)56-39-31-32-47(3)38(35-39)26-27-40-42-29-28-41(48(42,4)44(50)36-43(40)47)37(2)25-30-45(51)49-33-34-57(53,54)55/h12-13,37-44,50H,5-11,14-36H2,1-4H3,(H,49,51)(H,53,54,55)/b13-12-. The molecule has 10 unspecified atom stereocenters. The number of carbonyl (C=O) groups excluding carboxylic acids is 2. The van der Waals surface area contributed by atoms with Gasteiger partial charge in [0.2, 0.25) is 5.91 Å². The van der Waals surface area contributed by atoms with Gasteiger partial charge in [-0.1, -0.05) is 117 Å². The lowest BCUT2D eigenvalue weighted by atomic mass is 9.43. The lowest BCUT2D eigenvalue weighted by molar-refractivity contribution is -0.181. The first-order valence-corrected chi connectivity index (χ1v) is 25.6. The van der Waals surface area contributed by atoms with Crippen molar-refractivity contribution in [1.29, 1.82) is 0 Å². The molecule has 4 aliphatic carbocycles. The number of carbonyl (C=O) groups is 2. The fourth-order valence-corrected chi connectivity index (χ4v) is 12.9. The van der Waals surface area contributed by atoms with Gasteiger partial charge in [0.05, 0.1) is 11.9 Å². The molecule has 4 saturated carbocycles. The Morgan fingerprint density at radius 3 is 2.04 bits per heavy atom. The Morgan fingerprint density at radius 2 is 1.40 bits per heavy atom. The van der Waals surface area contributed by atoms with Crippen LogP contribution >= 0.6 is 0 Å². The van der Waals surface area contributed by atoms with Gasteiger partial charge in [0.15, 0.2) is 0 Å². The lowest BCUT2D eigenvalue weighted by Gasteiger charge is -2.62. The SMILES string of the molecule is CCCCCCCC/C=C\CCCCCCCCCCCC(=O)OC1CCC2(C)C(CCC3C2CC(O)C2(C)C(C(C)CCC(=O)NCCS(=O)(=O)O)CCC32)C1. The van der Waals surface area contributed by atoms with Crippen LogP contribution in [0.2, 0.25) is 0 Å². The third-order valence-electron chi connectivity index (χ3n) is 15.9. The molecule has 0 spiro atoms. The van der Waals surface area contributed by atoms with Crippen LogP contribution < -0.4 is 5.32 Å². The van der Waals surface area contributed by atoms with Gasteiger partial charge in [-0.3, -0.25) is 14.1 Å². The van der Waals surface area contributed by atoms with Gasteiger partial charge in [0.25, 0.3) is 10.1 Å². The number of fused-ring (bicyclic) bond motifs is 5. The van der Waals surface area contributed by atoms with E-state index in [1.807, 2.05) is 0 Å². The second-order valence-electron chi connectivity index (χ2n) is 19.7. The number of hydrogen-bond donors (Lipinski definition) is 3. The highest BCUT2D eigenvalue weighted by atomic mass is 32.2. The van der Waals surface area contributed by atoms with Crippen molar-refractivity contribution in [2.24, 2.45) is 46.3 Å². The molecule has 9 heteroatoms. The van der Waals surface area contributed by atoms with E-state index in [1.54, 1.807) is 0 Å². The van der Waals surface area contributed by atoms with E-state index in [-0.39, 0.29) is 47.4 Å². The first-order chi connectivity index (χ1) is 27.3. The minimum Gasteiger partial charge on any atom is -0.462 e. The minimum absolute atomic E-state index is 0.0103. The van der Waals surface area contributed by atoms with Gasteiger partial charge in [-0.25, -0.2) is 0 Å². The second-order valence-corrected chi connectivity index (χ2v) is 21.3. The van der Waals surface area contributed by atoms with E-state index in [2.05, 4.69) is 45.2 Å². The first-order valence-electron chi connectivity index (χ1n) is 24.0. The van der Waals surface area contributed by atoms with Crippen molar-refractivity contribution in [1.82, 2.24) is 5.32 Å². The van der Waals surface area contributed by atoms with E-state index >= 15 is 0 Å². The van der Waals surface area contributed by atoms with Crippen LogP contribution in [0.1, 0.15) is 207 Å². The van der Waals surface area contributed by atoms with Crippen molar-refractivity contribution in [3.8, 4) is 0 Å². The number of aliphatic hydroxyl groups is 1. The molecule has 330 valence electrons. The number of amides is 1. The summed E-state index contributed by atoms with van der Waals surface area (Å²) in [5.74, 6) is 2.04. The average molecular weight is 820 g/mol. The maximum Gasteiger partial charge on any atom is 0.306 e. The van der Waals surface area contributed by atoms with Crippen LogP contribution in [0.4, 0.5) is 0 Å². The average Bonchev–Trinajstić information content (AvgIpc) is 3.53. The van der Waals surface area contributed by atoms with Crippen LogP contribution in [0.3, 0.4) is 0 Å². The number of ether oxygens (including phenoxy) is 1. The number of aliphatic hydroxyl groups excluding tert-OH is 1. The molecule has 8 nitrogen and oxygen atoms in total. The van der Waals surface area contributed by atoms with Gasteiger partial charge in [0.1, 0.15) is 6.10 Å². The molecular weight excluding hydrogens is 735 g/mol. The van der Waals surface area contributed by atoms with E-state index in [1.165, 1.54) is 109 Å². The third-order valence-corrected chi connectivity index (χ3v) is 16.7. The summed E-state index contributed by atoms with van der Waals surface area (Å²) < 4.78 is 37.0. The van der Waals surface area contributed by atoms with E-state index in [4.69, 9.17) is 9.29 Å². The summed E-state index contributed by atoms with van der Waals surface area (Å²) in [6, 6.07) is 0. The molecule has 10 atom stereocenters. The molecular formula is C48H85NO7S. The van der Waals surface area contributed by atoms with E-state index in [0.29, 0.717) is 48.9 Å². The predicted molar refractivity (Wildman–Crippen MR) is 232 cm³/mol. The maximum absolute atomic E-state index is 12.9. The summed E-state index contributed by atoms with van der Waals surface area (Å²) in [6.45, 7) is 9.21. The number of unbranched alkanes of at least 4 members (excludes halogenated alkanes) is 15. The highest BCUT2D eigenvalue weighted by Gasteiger charge is 2.63. The number of nitrogens with one attached hydrogen (secondary N) is 1. The molecule has 0 aliphatic heterocycles. The molecule has 57 heavy (non-hydrogen) atoms. The highest BCUT2D eigenvalue weighted by molar-refractivity contribution is 7.85. The summed E-state index contributed by atoms with van der Waals surface area (Å²) in [5.41, 5.74) is 0.00385. The van der Waals surface area contributed by atoms with Crippen molar-refractivity contribution < 1.29 is 32.4 Å². The molecule has 0 radical (unpaired) electrons. The quantitative estimate of drug-likeness (QED) is 0.0325. The van der Waals surface area contributed by atoms with Gasteiger partial charge in [-0.2, -0.15) is 8.42 Å². The Kier molecular flexibility index (Phi) is 20.4. The molecule has 0 aromatic rings. The molecule has 0 aromatic carbocycles. The Balaban J connectivity index is 1.07. The molecule has 0 bridgehead atoms. The number of hydrogen-bond acceptors (Lipinski definition) is 6. The van der Waals surface area contributed by atoms with E-state index < -0.39 is 15.9 Å². The second kappa shape index (κ2) is 24.1. The zero-order chi connectivity index (χ0) is 41.3.